The lowest BCUT2D eigenvalue weighted by Crippen LogP contribution is -2.25. The van der Waals surface area contributed by atoms with Crippen LogP contribution in [0.5, 0.6) is 11.5 Å². The fourth-order valence-electron chi connectivity index (χ4n) is 4.29. The van der Waals surface area contributed by atoms with Gasteiger partial charge in [0, 0.05) is 17.7 Å². The summed E-state index contributed by atoms with van der Waals surface area (Å²) in [5.74, 6) is 0.156. The van der Waals surface area contributed by atoms with Crippen molar-refractivity contribution >= 4 is 23.0 Å². The first-order valence-corrected chi connectivity index (χ1v) is 12.6. The molecule has 0 unspecified atom stereocenters. The highest BCUT2D eigenvalue weighted by Crippen LogP contribution is 2.27. The number of amides is 2. The monoisotopic (exact) mass is 554 g/mol. The van der Waals surface area contributed by atoms with Crippen molar-refractivity contribution in [1.82, 2.24) is 30.3 Å². The zero-order valence-electron chi connectivity index (χ0n) is 22.2. The van der Waals surface area contributed by atoms with Crippen molar-refractivity contribution in [2.24, 2.45) is 0 Å². The molecule has 5 rings (SSSR count). The topological polar surface area (TPSA) is 160 Å². The fraction of sp³-hybridized carbons (Fsp3) is 0.138. The third-order valence-corrected chi connectivity index (χ3v) is 6.27. The van der Waals surface area contributed by atoms with Crippen LogP contribution in [0.1, 0.15) is 33.3 Å². The van der Waals surface area contributed by atoms with Gasteiger partial charge in [-0.05, 0) is 61.0 Å². The number of aromatic nitrogens is 4. The second kappa shape index (κ2) is 11.7. The number of H-pyrrole nitrogens is 1. The van der Waals surface area contributed by atoms with Crippen LogP contribution < -0.4 is 26.0 Å². The SMILES string of the molecule is CCOc1ccc(-c2nc(C(=O)NCc3ccc(C(=O)NO)cc3)c3[nH]c(=O)n(-c4ccccc4OC)c3n2)cc1. The molecule has 0 aliphatic rings. The van der Waals surface area contributed by atoms with Gasteiger partial charge in [-0.3, -0.25) is 14.8 Å². The number of aromatic amines is 1. The molecule has 4 N–H and O–H groups in total. The normalized spacial score (nSPS) is 10.8. The Morgan fingerprint density at radius 1 is 0.976 bits per heavy atom. The van der Waals surface area contributed by atoms with E-state index < -0.39 is 17.5 Å². The van der Waals surface area contributed by atoms with Gasteiger partial charge in [-0.25, -0.2) is 24.8 Å². The first-order valence-electron chi connectivity index (χ1n) is 12.6. The Bertz CT molecular complexity index is 1780. The molecular weight excluding hydrogens is 528 g/mol. The van der Waals surface area contributed by atoms with Gasteiger partial charge in [-0.1, -0.05) is 24.3 Å². The number of methoxy groups -OCH3 is 1. The Hall–Kier alpha value is -5.49. The highest BCUT2D eigenvalue weighted by molar-refractivity contribution is 6.03. The third-order valence-electron chi connectivity index (χ3n) is 6.27. The lowest BCUT2D eigenvalue weighted by atomic mass is 10.1. The molecule has 12 heteroatoms. The zero-order valence-corrected chi connectivity index (χ0v) is 22.2. The molecule has 0 bridgehead atoms. The minimum atomic E-state index is -0.644. The number of nitrogens with zero attached hydrogens (tertiary/aromatic N) is 3. The number of hydrogen-bond acceptors (Lipinski definition) is 8. The maximum absolute atomic E-state index is 13.5. The van der Waals surface area contributed by atoms with Gasteiger partial charge in [-0.15, -0.1) is 0 Å². The third kappa shape index (κ3) is 5.49. The lowest BCUT2D eigenvalue weighted by molar-refractivity contribution is 0.0706. The van der Waals surface area contributed by atoms with Crippen LogP contribution in [0.15, 0.2) is 77.6 Å². The van der Waals surface area contributed by atoms with E-state index in [0.29, 0.717) is 34.9 Å². The molecule has 0 aliphatic carbocycles. The van der Waals surface area contributed by atoms with Crippen molar-refractivity contribution in [3.8, 4) is 28.6 Å². The molecule has 0 saturated carbocycles. The molecule has 0 saturated heterocycles. The Labute approximate surface area is 233 Å². The largest absolute Gasteiger partial charge is 0.495 e. The quantitative estimate of drug-likeness (QED) is 0.160. The van der Waals surface area contributed by atoms with Gasteiger partial charge >= 0.3 is 5.69 Å². The summed E-state index contributed by atoms with van der Waals surface area (Å²) in [5.41, 5.74) is 3.40. The molecule has 12 nitrogen and oxygen atoms in total. The summed E-state index contributed by atoms with van der Waals surface area (Å²) in [4.78, 5) is 50.2. The van der Waals surface area contributed by atoms with E-state index in [1.807, 2.05) is 6.92 Å². The number of para-hydroxylation sites is 2. The molecule has 208 valence electrons. The van der Waals surface area contributed by atoms with Crippen LogP contribution in [-0.4, -0.2) is 50.3 Å². The van der Waals surface area contributed by atoms with E-state index in [-0.39, 0.29) is 34.8 Å². The van der Waals surface area contributed by atoms with E-state index in [1.54, 1.807) is 66.1 Å². The number of hydroxylamine groups is 1. The molecule has 0 spiro atoms. The van der Waals surface area contributed by atoms with Crippen LogP contribution in [0.25, 0.3) is 28.2 Å². The number of nitrogens with one attached hydrogen (secondary N) is 3. The molecule has 0 atom stereocenters. The minimum Gasteiger partial charge on any atom is -0.495 e. The number of fused-ring (bicyclic) bond motifs is 1. The van der Waals surface area contributed by atoms with Crippen molar-refractivity contribution in [2.75, 3.05) is 13.7 Å². The van der Waals surface area contributed by atoms with Crippen LogP contribution in [-0.2, 0) is 6.54 Å². The molecule has 5 aromatic rings. The summed E-state index contributed by atoms with van der Waals surface area (Å²) in [7, 11) is 1.50. The van der Waals surface area contributed by atoms with Crippen LogP contribution in [0, 0.1) is 0 Å². The number of ether oxygens (including phenoxy) is 2. The number of rotatable bonds is 9. The average molecular weight is 555 g/mol. The van der Waals surface area contributed by atoms with Gasteiger partial charge in [0.2, 0.25) is 0 Å². The van der Waals surface area contributed by atoms with E-state index >= 15 is 0 Å². The smallest absolute Gasteiger partial charge is 0.332 e. The molecule has 0 fully saturated rings. The number of carbonyl (C=O) groups is 2. The summed E-state index contributed by atoms with van der Waals surface area (Å²) in [6.07, 6.45) is 0. The predicted octanol–water partition coefficient (Wildman–Crippen LogP) is 3.23. The van der Waals surface area contributed by atoms with E-state index in [2.05, 4.69) is 20.3 Å². The molecule has 0 aliphatic heterocycles. The highest BCUT2D eigenvalue weighted by Gasteiger charge is 2.23. The number of imidazole rings is 1. The number of hydrogen-bond donors (Lipinski definition) is 4. The maximum atomic E-state index is 13.5. The Balaban J connectivity index is 1.58. The molecule has 2 aromatic heterocycles. The van der Waals surface area contributed by atoms with Crippen LogP contribution in [0.2, 0.25) is 0 Å². The molecule has 3 aromatic carbocycles. The van der Waals surface area contributed by atoms with Crippen molar-refractivity contribution in [2.45, 2.75) is 13.5 Å². The fourth-order valence-corrected chi connectivity index (χ4v) is 4.29. The summed E-state index contributed by atoms with van der Waals surface area (Å²) >= 11 is 0. The molecule has 2 amide bonds. The van der Waals surface area contributed by atoms with Gasteiger partial charge < -0.3 is 19.8 Å². The van der Waals surface area contributed by atoms with Crippen LogP contribution >= 0.6 is 0 Å². The second-order valence-electron chi connectivity index (χ2n) is 8.81. The molecule has 2 heterocycles. The summed E-state index contributed by atoms with van der Waals surface area (Å²) in [6, 6.07) is 20.4. The van der Waals surface area contributed by atoms with E-state index in [0.717, 1.165) is 0 Å². The van der Waals surface area contributed by atoms with Gasteiger partial charge in [-0.2, -0.15) is 0 Å². The Morgan fingerprint density at radius 3 is 2.39 bits per heavy atom. The maximum Gasteiger partial charge on any atom is 0.332 e. The number of benzene rings is 3. The molecule has 41 heavy (non-hydrogen) atoms. The van der Waals surface area contributed by atoms with Crippen molar-refractivity contribution < 1.29 is 24.3 Å². The number of carbonyl (C=O) groups excluding carboxylic acids is 2. The molecular formula is C29H26N6O6. The Morgan fingerprint density at radius 2 is 1.71 bits per heavy atom. The van der Waals surface area contributed by atoms with Crippen LogP contribution in [0.4, 0.5) is 0 Å². The van der Waals surface area contributed by atoms with Gasteiger partial charge in [0.1, 0.15) is 17.0 Å². The lowest BCUT2D eigenvalue weighted by Gasteiger charge is -2.11. The predicted molar refractivity (Wildman–Crippen MR) is 150 cm³/mol. The summed E-state index contributed by atoms with van der Waals surface area (Å²) in [6.45, 7) is 2.51. The highest BCUT2D eigenvalue weighted by atomic mass is 16.5. The Kier molecular flexibility index (Phi) is 7.74. The standard InChI is InChI=1S/C29H26N6O6/c1-3-41-20-14-12-18(13-15-20)25-31-24(28(37)30-16-17-8-10-19(11-9-17)27(36)34-39)23-26(33-25)35(29(38)32-23)21-6-4-5-7-22(21)40-2/h4-15,39H,3,16H2,1-2H3,(H,30,37)(H,32,38)(H,34,36). The second-order valence-corrected chi connectivity index (χ2v) is 8.81. The van der Waals surface area contributed by atoms with Crippen molar-refractivity contribution in [1.29, 1.82) is 0 Å². The molecule has 0 radical (unpaired) electrons. The summed E-state index contributed by atoms with van der Waals surface area (Å²) in [5, 5.41) is 11.6. The minimum absolute atomic E-state index is 0.0269. The van der Waals surface area contributed by atoms with Gasteiger partial charge in [0.15, 0.2) is 17.2 Å². The van der Waals surface area contributed by atoms with Crippen molar-refractivity contribution in [3.63, 3.8) is 0 Å². The first kappa shape index (κ1) is 27.1. The van der Waals surface area contributed by atoms with E-state index in [9.17, 15) is 14.4 Å². The summed E-state index contributed by atoms with van der Waals surface area (Å²) < 4.78 is 12.3. The van der Waals surface area contributed by atoms with Crippen molar-refractivity contribution in [3.05, 3.63) is 100 Å². The average Bonchev–Trinajstić information content (AvgIpc) is 3.35. The van der Waals surface area contributed by atoms with Crippen LogP contribution in [0.3, 0.4) is 0 Å². The van der Waals surface area contributed by atoms with Gasteiger partial charge in [0.25, 0.3) is 11.8 Å². The zero-order chi connectivity index (χ0) is 28.9. The van der Waals surface area contributed by atoms with Gasteiger partial charge in [0.05, 0.1) is 19.4 Å². The van der Waals surface area contributed by atoms with E-state index in [1.165, 1.54) is 23.8 Å². The van der Waals surface area contributed by atoms with E-state index in [4.69, 9.17) is 14.7 Å². The first-order chi connectivity index (χ1) is 19.9.